The maximum Gasteiger partial charge on any atom is 0.290 e. The molecule has 7 nitrogen and oxygen atoms in total. The third-order valence-corrected chi connectivity index (χ3v) is 3.63. The molecule has 0 atom stereocenters. The lowest BCUT2D eigenvalue weighted by Gasteiger charge is -2.16. The molecule has 0 saturated carbocycles. The minimum Gasteiger partial charge on any atom is -0.363 e. The number of nitrogens with zero attached hydrogens (tertiary/aromatic N) is 4. The standard InChI is InChI=1S/C14H15N5O2/c15-13(21)14-16-18-19(17-14)8-12(20)11-6-5-9-3-1-2-4-10(9)7-11/h5-7H,1-4,8H2,(H2,15,21). The first-order valence-corrected chi connectivity index (χ1v) is 6.86. The fourth-order valence-corrected chi connectivity index (χ4v) is 2.54. The summed E-state index contributed by atoms with van der Waals surface area (Å²) in [5.74, 6) is -1.06. The van der Waals surface area contributed by atoms with Crippen molar-refractivity contribution in [3.8, 4) is 0 Å². The van der Waals surface area contributed by atoms with Crippen LogP contribution in [0, 0.1) is 0 Å². The summed E-state index contributed by atoms with van der Waals surface area (Å²) in [4.78, 5) is 24.2. The van der Waals surface area contributed by atoms with E-state index in [1.165, 1.54) is 17.5 Å². The number of fused-ring (bicyclic) bond motifs is 1. The fraction of sp³-hybridized carbons (Fsp3) is 0.357. The smallest absolute Gasteiger partial charge is 0.290 e. The molecule has 0 bridgehead atoms. The van der Waals surface area contributed by atoms with E-state index < -0.39 is 5.91 Å². The Morgan fingerprint density at radius 2 is 1.95 bits per heavy atom. The van der Waals surface area contributed by atoms with E-state index in [1.54, 1.807) is 0 Å². The van der Waals surface area contributed by atoms with Gasteiger partial charge in [0.2, 0.25) is 0 Å². The molecule has 0 fully saturated rings. The van der Waals surface area contributed by atoms with E-state index in [1.807, 2.05) is 18.2 Å². The summed E-state index contributed by atoms with van der Waals surface area (Å²) >= 11 is 0. The molecule has 1 aliphatic rings. The number of hydrogen-bond donors (Lipinski definition) is 1. The van der Waals surface area contributed by atoms with Crippen molar-refractivity contribution in [3.63, 3.8) is 0 Å². The Bertz CT molecular complexity index is 707. The molecule has 2 aromatic rings. The van der Waals surface area contributed by atoms with Crippen LogP contribution in [0.2, 0.25) is 0 Å². The SMILES string of the molecule is NC(=O)c1nnn(CC(=O)c2ccc3c(c2)CCCC3)n1. The van der Waals surface area contributed by atoms with Crippen LogP contribution in [0.4, 0.5) is 0 Å². The topological polar surface area (TPSA) is 104 Å². The zero-order valence-corrected chi connectivity index (χ0v) is 11.5. The van der Waals surface area contributed by atoms with Gasteiger partial charge >= 0.3 is 0 Å². The summed E-state index contributed by atoms with van der Waals surface area (Å²) in [6.07, 6.45) is 4.47. The third-order valence-electron chi connectivity index (χ3n) is 3.63. The lowest BCUT2D eigenvalue weighted by Crippen LogP contribution is -2.16. The lowest BCUT2D eigenvalue weighted by molar-refractivity contribution is 0.0954. The molecular weight excluding hydrogens is 270 g/mol. The number of ketones is 1. The highest BCUT2D eigenvalue weighted by Gasteiger charge is 2.15. The molecular formula is C14H15N5O2. The number of aryl methyl sites for hydroxylation is 2. The summed E-state index contributed by atoms with van der Waals surface area (Å²) in [7, 11) is 0. The number of hydrogen-bond acceptors (Lipinski definition) is 5. The van der Waals surface area contributed by atoms with Gasteiger partial charge in [-0.1, -0.05) is 12.1 Å². The maximum atomic E-state index is 12.2. The molecule has 1 aromatic carbocycles. The number of carbonyl (C=O) groups excluding carboxylic acids is 2. The van der Waals surface area contributed by atoms with Gasteiger partial charge < -0.3 is 5.73 Å². The van der Waals surface area contributed by atoms with Crippen LogP contribution in [0.3, 0.4) is 0 Å². The third kappa shape index (κ3) is 2.81. The van der Waals surface area contributed by atoms with Gasteiger partial charge in [-0.15, -0.1) is 10.2 Å². The van der Waals surface area contributed by atoms with Crippen LogP contribution in [0.5, 0.6) is 0 Å². The molecule has 108 valence electrons. The highest BCUT2D eigenvalue weighted by molar-refractivity contribution is 5.96. The molecule has 21 heavy (non-hydrogen) atoms. The van der Waals surface area contributed by atoms with Crippen LogP contribution in [0.1, 0.15) is 44.9 Å². The number of aromatic nitrogens is 4. The van der Waals surface area contributed by atoms with E-state index in [9.17, 15) is 9.59 Å². The monoisotopic (exact) mass is 285 g/mol. The van der Waals surface area contributed by atoms with Crippen molar-refractivity contribution in [2.75, 3.05) is 0 Å². The number of Topliss-reactive ketones (excluding diaryl/α,β-unsaturated/α-hetero) is 1. The summed E-state index contributed by atoms with van der Waals surface area (Å²) in [6, 6.07) is 5.80. The molecule has 1 amide bonds. The van der Waals surface area contributed by atoms with Crippen molar-refractivity contribution >= 4 is 11.7 Å². The fourth-order valence-electron chi connectivity index (χ4n) is 2.54. The molecule has 2 N–H and O–H groups in total. The summed E-state index contributed by atoms with van der Waals surface area (Å²) in [6.45, 7) is -0.0565. The number of nitrogens with two attached hydrogens (primary N) is 1. The quantitative estimate of drug-likeness (QED) is 0.825. The van der Waals surface area contributed by atoms with Gasteiger partial charge in [0.1, 0.15) is 6.54 Å². The van der Waals surface area contributed by atoms with Crippen LogP contribution in [0.15, 0.2) is 18.2 Å². The molecule has 1 aliphatic carbocycles. The molecule has 1 aromatic heterocycles. The second-order valence-corrected chi connectivity index (χ2v) is 5.12. The molecule has 0 saturated heterocycles. The van der Waals surface area contributed by atoms with Crippen LogP contribution in [-0.2, 0) is 19.4 Å². The van der Waals surface area contributed by atoms with E-state index in [4.69, 9.17) is 5.73 Å². The number of rotatable bonds is 4. The second kappa shape index (κ2) is 5.43. The van der Waals surface area contributed by atoms with Crippen molar-refractivity contribution in [2.24, 2.45) is 5.73 Å². The van der Waals surface area contributed by atoms with E-state index in [0.717, 1.165) is 24.1 Å². The Labute approximate surface area is 121 Å². The first-order chi connectivity index (χ1) is 10.1. The normalized spacial score (nSPS) is 13.7. The highest BCUT2D eigenvalue weighted by Crippen LogP contribution is 2.22. The van der Waals surface area contributed by atoms with Crippen molar-refractivity contribution in [1.82, 2.24) is 20.2 Å². The lowest BCUT2D eigenvalue weighted by atomic mass is 9.90. The van der Waals surface area contributed by atoms with Gasteiger partial charge in [0.25, 0.3) is 11.7 Å². The Morgan fingerprint density at radius 3 is 2.67 bits per heavy atom. The molecule has 1 heterocycles. The van der Waals surface area contributed by atoms with Crippen LogP contribution >= 0.6 is 0 Å². The van der Waals surface area contributed by atoms with Crippen molar-refractivity contribution in [2.45, 2.75) is 32.2 Å². The Balaban J connectivity index is 1.77. The average Bonchev–Trinajstić information content (AvgIpc) is 2.95. The molecule has 0 spiro atoms. The summed E-state index contributed by atoms with van der Waals surface area (Å²) in [5.41, 5.74) is 8.25. The van der Waals surface area contributed by atoms with Crippen LogP contribution in [0.25, 0.3) is 0 Å². The number of benzene rings is 1. The van der Waals surface area contributed by atoms with Gasteiger partial charge in [0, 0.05) is 5.56 Å². The Morgan fingerprint density at radius 1 is 1.19 bits per heavy atom. The Hall–Kier alpha value is -2.57. The zero-order valence-electron chi connectivity index (χ0n) is 11.5. The van der Waals surface area contributed by atoms with E-state index >= 15 is 0 Å². The predicted octanol–water partition coefficient (Wildman–Crippen LogP) is 0.534. The maximum absolute atomic E-state index is 12.2. The number of primary amides is 1. The zero-order chi connectivity index (χ0) is 14.8. The first kappa shape index (κ1) is 13.4. The number of amides is 1. The molecule has 3 rings (SSSR count). The Kier molecular flexibility index (Phi) is 3.47. The minimum atomic E-state index is -0.762. The predicted molar refractivity (Wildman–Crippen MR) is 73.7 cm³/mol. The van der Waals surface area contributed by atoms with E-state index in [0.29, 0.717) is 5.56 Å². The van der Waals surface area contributed by atoms with Crippen molar-refractivity contribution in [1.29, 1.82) is 0 Å². The van der Waals surface area contributed by atoms with Gasteiger partial charge in [-0.2, -0.15) is 4.80 Å². The molecule has 7 heteroatoms. The van der Waals surface area contributed by atoms with Crippen molar-refractivity contribution in [3.05, 3.63) is 40.7 Å². The van der Waals surface area contributed by atoms with E-state index in [2.05, 4.69) is 15.4 Å². The average molecular weight is 285 g/mol. The first-order valence-electron chi connectivity index (χ1n) is 6.86. The van der Waals surface area contributed by atoms with Crippen molar-refractivity contribution < 1.29 is 9.59 Å². The van der Waals surface area contributed by atoms with Gasteiger partial charge in [0.05, 0.1) is 0 Å². The van der Waals surface area contributed by atoms with Gasteiger partial charge in [0.15, 0.2) is 5.78 Å². The van der Waals surface area contributed by atoms with Gasteiger partial charge in [-0.25, -0.2) is 0 Å². The van der Waals surface area contributed by atoms with Crippen LogP contribution in [-0.4, -0.2) is 31.9 Å². The molecule has 0 unspecified atom stereocenters. The molecule has 0 radical (unpaired) electrons. The number of tetrazole rings is 1. The van der Waals surface area contributed by atoms with E-state index in [-0.39, 0.29) is 18.2 Å². The number of carbonyl (C=O) groups is 2. The van der Waals surface area contributed by atoms with Gasteiger partial charge in [-0.05, 0) is 48.1 Å². The minimum absolute atomic E-state index is 0.0565. The summed E-state index contributed by atoms with van der Waals surface area (Å²) < 4.78 is 0. The molecule has 0 aliphatic heterocycles. The van der Waals surface area contributed by atoms with Gasteiger partial charge in [-0.3, -0.25) is 9.59 Å². The second-order valence-electron chi connectivity index (χ2n) is 5.12. The summed E-state index contributed by atoms with van der Waals surface area (Å²) in [5, 5.41) is 10.9. The van der Waals surface area contributed by atoms with Crippen LogP contribution < -0.4 is 5.73 Å². The largest absolute Gasteiger partial charge is 0.363 e. The highest BCUT2D eigenvalue weighted by atomic mass is 16.1.